The van der Waals surface area contributed by atoms with E-state index < -0.39 is 0 Å². The van der Waals surface area contributed by atoms with E-state index >= 15 is 0 Å². The maximum Gasteiger partial charge on any atom is 0.120 e. The van der Waals surface area contributed by atoms with Crippen LogP contribution in [0.15, 0.2) is 18.2 Å². The predicted molar refractivity (Wildman–Crippen MR) is 68.2 cm³/mol. The smallest absolute Gasteiger partial charge is 0.120 e. The van der Waals surface area contributed by atoms with Gasteiger partial charge in [0.1, 0.15) is 11.5 Å². The highest BCUT2D eigenvalue weighted by molar-refractivity contribution is 5.40. The molecule has 1 aromatic rings. The van der Waals surface area contributed by atoms with Crippen LogP contribution in [0.5, 0.6) is 11.5 Å². The first-order chi connectivity index (χ1) is 8.16. The maximum absolute atomic E-state index is 9.78. The minimum absolute atomic E-state index is 0.0743. The summed E-state index contributed by atoms with van der Waals surface area (Å²) in [5.41, 5.74) is 0.774. The summed E-state index contributed by atoms with van der Waals surface area (Å²) in [6.07, 6.45) is 6.34. The van der Waals surface area contributed by atoms with Crippen molar-refractivity contribution in [3.05, 3.63) is 23.8 Å². The van der Waals surface area contributed by atoms with Gasteiger partial charge in [0.2, 0.25) is 0 Å². The third-order valence-corrected chi connectivity index (χ3v) is 3.57. The summed E-state index contributed by atoms with van der Waals surface area (Å²) in [6, 6.07) is 5.30. The van der Waals surface area contributed by atoms with Crippen molar-refractivity contribution in [2.24, 2.45) is 0 Å². The molecule has 0 spiro atoms. The van der Waals surface area contributed by atoms with E-state index in [1.807, 2.05) is 6.92 Å². The Labute approximate surface area is 102 Å². The second-order valence-corrected chi connectivity index (χ2v) is 4.97. The fourth-order valence-electron chi connectivity index (χ4n) is 2.60. The standard InChI is InChI=1S/C14H21NO2/c1-10(15-11-5-3-2-4-6-11)13-9-12(16)7-8-14(13)17/h7-11,15-17H,2-6H2,1H3. The lowest BCUT2D eigenvalue weighted by atomic mass is 9.94. The van der Waals surface area contributed by atoms with Crippen LogP contribution in [0.3, 0.4) is 0 Å². The van der Waals surface area contributed by atoms with Gasteiger partial charge in [-0.1, -0.05) is 19.3 Å². The molecular formula is C14H21NO2. The highest BCUT2D eigenvalue weighted by atomic mass is 16.3. The van der Waals surface area contributed by atoms with Gasteiger partial charge < -0.3 is 15.5 Å². The average molecular weight is 235 g/mol. The summed E-state index contributed by atoms with van der Waals surface area (Å²) in [5.74, 6) is 0.453. The Morgan fingerprint density at radius 2 is 1.88 bits per heavy atom. The normalized spacial score (nSPS) is 19.1. The maximum atomic E-state index is 9.78. The van der Waals surface area contributed by atoms with Crippen LogP contribution in [0, 0.1) is 0 Å². The first kappa shape index (κ1) is 12.2. The molecule has 1 atom stereocenters. The highest BCUT2D eigenvalue weighted by Crippen LogP contribution is 2.29. The van der Waals surface area contributed by atoms with Crippen LogP contribution in [0.4, 0.5) is 0 Å². The van der Waals surface area contributed by atoms with Crippen molar-refractivity contribution < 1.29 is 10.2 Å². The molecule has 3 nitrogen and oxygen atoms in total. The van der Waals surface area contributed by atoms with Crippen molar-refractivity contribution in [2.75, 3.05) is 0 Å². The molecule has 1 aliphatic rings. The number of phenols is 2. The second kappa shape index (κ2) is 5.41. The minimum atomic E-state index is 0.0743. The van der Waals surface area contributed by atoms with Gasteiger partial charge in [-0.05, 0) is 38.0 Å². The van der Waals surface area contributed by atoms with E-state index in [9.17, 15) is 10.2 Å². The fourth-order valence-corrected chi connectivity index (χ4v) is 2.60. The quantitative estimate of drug-likeness (QED) is 0.706. The van der Waals surface area contributed by atoms with E-state index in [1.165, 1.54) is 38.2 Å². The topological polar surface area (TPSA) is 52.5 Å². The van der Waals surface area contributed by atoms with Crippen molar-refractivity contribution in [3.8, 4) is 11.5 Å². The van der Waals surface area contributed by atoms with E-state index in [4.69, 9.17) is 0 Å². The van der Waals surface area contributed by atoms with Gasteiger partial charge in [0.15, 0.2) is 0 Å². The molecule has 3 N–H and O–H groups in total. The van der Waals surface area contributed by atoms with Gasteiger partial charge in [0, 0.05) is 17.6 Å². The van der Waals surface area contributed by atoms with Crippen molar-refractivity contribution in [3.63, 3.8) is 0 Å². The molecule has 1 unspecified atom stereocenters. The molecule has 0 amide bonds. The second-order valence-electron chi connectivity index (χ2n) is 4.97. The minimum Gasteiger partial charge on any atom is -0.508 e. The Morgan fingerprint density at radius 3 is 2.59 bits per heavy atom. The fraction of sp³-hybridized carbons (Fsp3) is 0.571. The SMILES string of the molecule is CC(NC1CCCCC1)c1cc(O)ccc1O. The van der Waals surface area contributed by atoms with Crippen molar-refractivity contribution in [2.45, 2.75) is 51.1 Å². The third-order valence-electron chi connectivity index (χ3n) is 3.57. The zero-order valence-corrected chi connectivity index (χ0v) is 10.3. The van der Waals surface area contributed by atoms with Crippen LogP contribution >= 0.6 is 0 Å². The Kier molecular flexibility index (Phi) is 3.89. The molecule has 0 radical (unpaired) electrons. The summed E-state index contributed by atoms with van der Waals surface area (Å²) in [5, 5.41) is 22.8. The van der Waals surface area contributed by atoms with Gasteiger partial charge >= 0.3 is 0 Å². The lowest BCUT2D eigenvalue weighted by molar-refractivity contribution is 0.341. The number of aromatic hydroxyl groups is 2. The molecule has 3 heteroatoms. The number of hydrogen-bond donors (Lipinski definition) is 3. The Morgan fingerprint density at radius 1 is 1.18 bits per heavy atom. The molecule has 0 saturated heterocycles. The summed E-state index contributed by atoms with van der Waals surface area (Å²) >= 11 is 0. The highest BCUT2D eigenvalue weighted by Gasteiger charge is 2.18. The summed E-state index contributed by atoms with van der Waals surface area (Å²) in [7, 11) is 0. The van der Waals surface area contributed by atoms with Gasteiger partial charge in [0.05, 0.1) is 0 Å². The molecule has 1 aliphatic carbocycles. The van der Waals surface area contributed by atoms with Crippen molar-refractivity contribution in [1.29, 1.82) is 0 Å². The lowest BCUT2D eigenvalue weighted by Crippen LogP contribution is -2.33. The van der Waals surface area contributed by atoms with Gasteiger partial charge in [0.25, 0.3) is 0 Å². The van der Waals surface area contributed by atoms with Crippen LogP contribution in [0.2, 0.25) is 0 Å². The molecule has 17 heavy (non-hydrogen) atoms. The molecule has 2 rings (SSSR count). The number of rotatable bonds is 3. The van der Waals surface area contributed by atoms with E-state index in [0.717, 1.165) is 5.56 Å². The largest absolute Gasteiger partial charge is 0.508 e. The van der Waals surface area contributed by atoms with Crippen LogP contribution in [0.25, 0.3) is 0 Å². The molecular weight excluding hydrogens is 214 g/mol. The van der Waals surface area contributed by atoms with E-state index in [0.29, 0.717) is 6.04 Å². The molecule has 1 fully saturated rings. The Bertz CT molecular complexity index is 372. The zero-order chi connectivity index (χ0) is 12.3. The van der Waals surface area contributed by atoms with Crippen LogP contribution in [-0.2, 0) is 0 Å². The van der Waals surface area contributed by atoms with Crippen molar-refractivity contribution in [1.82, 2.24) is 5.32 Å². The molecule has 1 aromatic carbocycles. The third kappa shape index (κ3) is 3.13. The molecule has 94 valence electrons. The Hall–Kier alpha value is -1.22. The predicted octanol–water partition coefficient (Wildman–Crippen LogP) is 3.08. The number of nitrogens with one attached hydrogen (secondary N) is 1. The summed E-state index contributed by atoms with van der Waals surface area (Å²) < 4.78 is 0. The summed E-state index contributed by atoms with van der Waals surface area (Å²) in [6.45, 7) is 2.03. The molecule has 0 aromatic heterocycles. The Balaban J connectivity index is 2.02. The van der Waals surface area contributed by atoms with E-state index in [-0.39, 0.29) is 17.5 Å². The van der Waals surface area contributed by atoms with E-state index in [2.05, 4.69) is 5.32 Å². The molecule has 0 aliphatic heterocycles. The average Bonchev–Trinajstić information content (AvgIpc) is 2.33. The molecule has 0 heterocycles. The number of phenolic OH excluding ortho intramolecular Hbond substituents is 2. The molecule has 0 bridgehead atoms. The number of hydrogen-bond acceptors (Lipinski definition) is 3. The first-order valence-electron chi connectivity index (χ1n) is 6.45. The van der Waals surface area contributed by atoms with Gasteiger partial charge in [-0.2, -0.15) is 0 Å². The summed E-state index contributed by atoms with van der Waals surface area (Å²) in [4.78, 5) is 0. The zero-order valence-electron chi connectivity index (χ0n) is 10.3. The van der Waals surface area contributed by atoms with Crippen molar-refractivity contribution >= 4 is 0 Å². The van der Waals surface area contributed by atoms with Crippen LogP contribution < -0.4 is 5.32 Å². The lowest BCUT2D eigenvalue weighted by Gasteiger charge is -2.27. The van der Waals surface area contributed by atoms with Gasteiger partial charge in [-0.3, -0.25) is 0 Å². The number of benzene rings is 1. The molecule has 1 saturated carbocycles. The monoisotopic (exact) mass is 235 g/mol. The van der Waals surface area contributed by atoms with Gasteiger partial charge in [-0.25, -0.2) is 0 Å². The van der Waals surface area contributed by atoms with Crippen LogP contribution in [-0.4, -0.2) is 16.3 Å². The van der Waals surface area contributed by atoms with Gasteiger partial charge in [-0.15, -0.1) is 0 Å². The van der Waals surface area contributed by atoms with Crippen LogP contribution in [0.1, 0.15) is 50.6 Å². The van der Waals surface area contributed by atoms with E-state index in [1.54, 1.807) is 12.1 Å². The first-order valence-corrected chi connectivity index (χ1v) is 6.45.